The van der Waals surface area contributed by atoms with Gasteiger partial charge in [0.1, 0.15) is 7.85 Å². The van der Waals surface area contributed by atoms with E-state index in [0.717, 1.165) is 0 Å². The largest absolute Gasteiger partial charge is 0.382 e. The van der Waals surface area contributed by atoms with Gasteiger partial charge in [-0.25, -0.2) is 0 Å². The third kappa shape index (κ3) is 1.75. The molecule has 1 rings (SSSR count). The van der Waals surface area contributed by atoms with E-state index in [4.69, 9.17) is 23.1 Å². The van der Waals surface area contributed by atoms with Crippen molar-refractivity contribution >= 4 is 7.85 Å². The molecule has 0 aliphatic carbocycles. The molecular weight excluding hydrogens is 141 g/mol. The molecule has 2 radical (unpaired) electrons. The monoisotopic (exact) mass is 155 g/mol. The Morgan fingerprint density at radius 3 is 2.64 bits per heavy atom. The van der Waals surface area contributed by atoms with Crippen LogP contribution in [0, 0.1) is 5.92 Å². The number of methoxy groups -OCH3 is 1. The zero-order valence-corrected chi connectivity index (χ0v) is 6.99. The van der Waals surface area contributed by atoms with Gasteiger partial charge in [0, 0.05) is 19.2 Å². The van der Waals surface area contributed by atoms with Crippen LogP contribution in [-0.4, -0.2) is 39.7 Å². The molecule has 1 aliphatic heterocycles. The van der Waals surface area contributed by atoms with Crippen LogP contribution in [0.1, 0.15) is 6.92 Å². The Morgan fingerprint density at radius 2 is 2.27 bits per heavy atom. The van der Waals surface area contributed by atoms with Crippen molar-refractivity contribution in [1.29, 1.82) is 0 Å². The lowest BCUT2D eigenvalue weighted by Crippen LogP contribution is -2.37. The van der Waals surface area contributed by atoms with Crippen LogP contribution in [0.3, 0.4) is 0 Å². The van der Waals surface area contributed by atoms with Crippen molar-refractivity contribution in [1.82, 2.24) is 0 Å². The van der Waals surface area contributed by atoms with Crippen LogP contribution in [0.15, 0.2) is 0 Å². The maximum Gasteiger partial charge on any atom is 0.109 e. The second-order valence-electron chi connectivity index (χ2n) is 3.03. The second kappa shape index (κ2) is 3.56. The molecule has 2 N–H and O–H groups in total. The quantitative estimate of drug-likeness (QED) is 0.546. The van der Waals surface area contributed by atoms with Gasteiger partial charge in [-0.15, -0.1) is 0 Å². The Kier molecular flexibility index (Phi) is 2.93. The summed E-state index contributed by atoms with van der Waals surface area (Å²) in [6.07, 6.45) is -0.0370. The SMILES string of the molecule is [B][C@@H]1O[C@H](COC)[C@@H](N)C1C. The van der Waals surface area contributed by atoms with Crippen molar-refractivity contribution in [2.45, 2.75) is 25.1 Å². The highest BCUT2D eigenvalue weighted by molar-refractivity contribution is 6.11. The fraction of sp³-hybridized carbons (Fsp3) is 1.00. The highest BCUT2D eigenvalue weighted by Crippen LogP contribution is 2.22. The standard InChI is InChI=1S/C7H14BNO2/c1-4-6(9)5(3-10-2)11-7(4)8/h4-7H,3,9H2,1-2H3/t4?,5-,6+,7-/m1/s1. The first-order valence-electron chi connectivity index (χ1n) is 3.82. The Hall–Kier alpha value is -0.0551. The summed E-state index contributed by atoms with van der Waals surface area (Å²) in [5.74, 6) is 0.218. The van der Waals surface area contributed by atoms with E-state index in [2.05, 4.69) is 0 Å². The Labute approximate surface area is 68.6 Å². The molecule has 1 heterocycles. The molecule has 4 heteroatoms. The number of rotatable bonds is 2. The van der Waals surface area contributed by atoms with E-state index < -0.39 is 0 Å². The molecule has 0 amide bonds. The first-order valence-corrected chi connectivity index (χ1v) is 3.82. The van der Waals surface area contributed by atoms with Crippen molar-refractivity contribution in [2.75, 3.05) is 13.7 Å². The van der Waals surface area contributed by atoms with Crippen LogP contribution < -0.4 is 5.73 Å². The van der Waals surface area contributed by atoms with E-state index in [1.165, 1.54) is 0 Å². The van der Waals surface area contributed by atoms with E-state index in [9.17, 15) is 0 Å². The minimum Gasteiger partial charge on any atom is -0.382 e. The molecule has 0 aromatic rings. The predicted molar refractivity (Wildman–Crippen MR) is 43.4 cm³/mol. The number of ether oxygens (including phenoxy) is 2. The zero-order valence-electron chi connectivity index (χ0n) is 6.99. The van der Waals surface area contributed by atoms with Crippen LogP contribution in [0.2, 0.25) is 0 Å². The predicted octanol–water partition coefficient (Wildman–Crippen LogP) is -0.510. The molecule has 11 heavy (non-hydrogen) atoms. The summed E-state index contributed by atoms with van der Waals surface area (Å²) in [5, 5.41) is 0. The summed E-state index contributed by atoms with van der Waals surface area (Å²) < 4.78 is 10.3. The normalized spacial score (nSPS) is 44.6. The number of hydrogen-bond donors (Lipinski definition) is 1. The van der Waals surface area contributed by atoms with E-state index >= 15 is 0 Å². The molecule has 0 bridgehead atoms. The smallest absolute Gasteiger partial charge is 0.109 e. The van der Waals surface area contributed by atoms with Crippen LogP contribution >= 0.6 is 0 Å². The van der Waals surface area contributed by atoms with Crippen molar-refractivity contribution in [3.63, 3.8) is 0 Å². The Bertz CT molecular complexity index is 134. The van der Waals surface area contributed by atoms with E-state index in [-0.39, 0.29) is 24.1 Å². The molecule has 1 saturated heterocycles. The molecule has 1 unspecified atom stereocenters. The van der Waals surface area contributed by atoms with E-state index in [0.29, 0.717) is 6.61 Å². The Morgan fingerprint density at radius 1 is 1.64 bits per heavy atom. The molecular formula is C7H14BNO2. The van der Waals surface area contributed by atoms with Crippen LogP contribution in [0.5, 0.6) is 0 Å². The van der Waals surface area contributed by atoms with E-state index in [1.54, 1.807) is 7.11 Å². The molecule has 1 fully saturated rings. The molecule has 0 aromatic heterocycles. The van der Waals surface area contributed by atoms with Gasteiger partial charge in [0.15, 0.2) is 0 Å². The fourth-order valence-corrected chi connectivity index (χ4v) is 1.29. The van der Waals surface area contributed by atoms with Gasteiger partial charge in [-0.05, 0) is 5.92 Å². The summed E-state index contributed by atoms with van der Waals surface area (Å²) in [6, 6.07) is -0.227. The average Bonchev–Trinajstić information content (AvgIpc) is 2.19. The summed E-state index contributed by atoms with van der Waals surface area (Å²) >= 11 is 0. The van der Waals surface area contributed by atoms with Crippen molar-refractivity contribution in [2.24, 2.45) is 11.7 Å². The molecule has 3 nitrogen and oxygen atoms in total. The molecule has 0 spiro atoms. The van der Waals surface area contributed by atoms with Crippen LogP contribution in [0.4, 0.5) is 0 Å². The highest BCUT2D eigenvalue weighted by Gasteiger charge is 2.36. The summed E-state index contributed by atoms with van der Waals surface area (Å²) in [5.41, 5.74) is 5.81. The van der Waals surface area contributed by atoms with Gasteiger partial charge in [-0.3, -0.25) is 0 Å². The van der Waals surface area contributed by atoms with Crippen LogP contribution in [-0.2, 0) is 9.47 Å². The topological polar surface area (TPSA) is 44.5 Å². The van der Waals surface area contributed by atoms with Gasteiger partial charge in [0.05, 0.1) is 12.7 Å². The summed E-state index contributed by atoms with van der Waals surface area (Å²) in [4.78, 5) is 0. The number of hydrogen-bond acceptors (Lipinski definition) is 3. The average molecular weight is 155 g/mol. The fourth-order valence-electron chi connectivity index (χ4n) is 1.29. The first kappa shape index (κ1) is 9.04. The van der Waals surface area contributed by atoms with Crippen molar-refractivity contribution in [3.05, 3.63) is 0 Å². The van der Waals surface area contributed by atoms with Crippen molar-refractivity contribution < 1.29 is 9.47 Å². The maximum absolute atomic E-state index is 5.81. The summed E-state index contributed by atoms with van der Waals surface area (Å²) in [7, 11) is 7.26. The minimum atomic E-state index is -0.231. The Balaban J connectivity index is 2.45. The van der Waals surface area contributed by atoms with Gasteiger partial charge in [-0.2, -0.15) is 0 Å². The van der Waals surface area contributed by atoms with Gasteiger partial charge in [0.25, 0.3) is 0 Å². The molecule has 1 aliphatic rings. The molecule has 0 saturated carbocycles. The second-order valence-corrected chi connectivity index (χ2v) is 3.03. The zero-order chi connectivity index (χ0) is 8.43. The lowest BCUT2D eigenvalue weighted by atomic mass is 9.85. The maximum atomic E-state index is 5.81. The van der Waals surface area contributed by atoms with Gasteiger partial charge < -0.3 is 15.2 Å². The van der Waals surface area contributed by atoms with Crippen LogP contribution in [0.25, 0.3) is 0 Å². The summed E-state index contributed by atoms with van der Waals surface area (Å²) in [6.45, 7) is 2.52. The van der Waals surface area contributed by atoms with E-state index in [1.807, 2.05) is 6.92 Å². The lowest BCUT2D eigenvalue weighted by molar-refractivity contribution is 0.0188. The van der Waals surface area contributed by atoms with Crippen molar-refractivity contribution in [3.8, 4) is 0 Å². The molecule has 0 aromatic carbocycles. The third-order valence-electron chi connectivity index (χ3n) is 2.22. The van der Waals surface area contributed by atoms with Gasteiger partial charge in [-0.1, -0.05) is 6.92 Å². The first-order chi connectivity index (χ1) is 5.16. The van der Waals surface area contributed by atoms with Gasteiger partial charge in [0.2, 0.25) is 0 Å². The highest BCUT2D eigenvalue weighted by atomic mass is 16.5. The minimum absolute atomic E-state index is 0.00458. The van der Waals surface area contributed by atoms with Gasteiger partial charge >= 0.3 is 0 Å². The third-order valence-corrected chi connectivity index (χ3v) is 2.22. The number of nitrogens with two attached hydrogens (primary N) is 1. The lowest BCUT2D eigenvalue weighted by Gasteiger charge is -2.14. The molecule has 62 valence electrons. The molecule has 4 atom stereocenters.